The lowest BCUT2D eigenvalue weighted by molar-refractivity contribution is -0.384. The normalized spacial score (nSPS) is 19.9. The van der Waals surface area contributed by atoms with Crippen LogP contribution in [-0.2, 0) is 0 Å². The van der Waals surface area contributed by atoms with Gasteiger partial charge in [-0.1, -0.05) is 48.2 Å². The van der Waals surface area contributed by atoms with Crippen LogP contribution < -0.4 is 0 Å². The van der Waals surface area contributed by atoms with Gasteiger partial charge in [-0.25, -0.2) is 13.8 Å². The highest BCUT2D eigenvalue weighted by molar-refractivity contribution is 8.16. The van der Waals surface area contributed by atoms with Crippen LogP contribution in [0.3, 0.4) is 0 Å². The summed E-state index contributed by atoms with van der Waals surface area (Å²) in [6.45, 7) is 0. The molecule has 0 spiro atoms. The second-order valence-corrected chi connectivity index (χ2v) is 9.93. The molecule has 3 aliphatic rings. The predicted molar refractivity (Wildman–Crippen MR) is 142 cm³/mol. The Kier molecular flexibility index (Phi) is 5.96. The first-order valence-corrected chi connectivity index (χ1v) is 12.8. The Morgan fingerprint density at radius 1 is 1.00 bits per heavy atom. The summed E-state index contributed by atoms with van der Waals surface area (Å²) in [5, 5.41) is 14.2. The molecule has 184 valence electrons. The molecule has 6 rings (SSSR count). The summed E-state index contributed by atoms with van der Waals surface area (Å²) in [5.74, 6) is -0.592. The van der Waals surface area contributed by atoms with Gasteiger partial charge in [-0.2, -0.15) is 0 Å². The lowest BCUT2D eigenvalue weighted by Crippen LogP contribution is -2.34. The zero-order valence-electron chi connectivity index (χ0n) is 19.6. The van der Waals surface area contributed by atoms with E-state index in [1.54, 1.807) is 36.4 Å². The SMILES string of the molecule is O=[N+]([O-])c1cccc(C2=CSC3=NC4=C(CCC/C4=C\c4ccc(F)cc4)C(c4ccc(F)cc4)N23)c1. The van der Waals surface area contributed by atoms with Crippen LogP contribution in [0.15, 0.2) is 100 Å². The Bertz CT molecular complexity index is 1530. The van der Waals surface area contributed by atoms with Gasteiger partial charge < -0.3 is 4.90 Å². The third-order valence-electron chi connectivity index (χ3n) is 6.79. The number of nitro groups is 1. The summed E-state index contributed by atoms with van der Waals surface area (Å²) in [5.41, 5.74) is 6.50. The van der Waals surface area contributed by atoms with Crippen LogP contribution in [0.5, 0.6) is 0 Å². The van der Waals surface area contributed by atoms with Crippen molar-refractivity contribution in [1.29, 1.82) is 0 Å². The third kappa shape index (κ3) is 4.38. The first kappa shape index (κ1) is 23.4. The molecule has 1 atom stereocenters. The van der Waals surface area contributed by atoms with E-state index in [4.69, 9.17) is 4.99 Å². The maximum absolute atomic E-state index is 13.9. The Morgan fingerprint density at radius 3 is 2.46 bits per heavy atom. The quantitative estimate of drug-likeness (QED) is 0.263. The third-order valence-corrected chi connectivity index (χ3v) is 7.63. The zero-order valence-corrected chi connectivity index (χ0v) is 20.4. The van der Waals surface area contributed by atoms with E-state index in [1.807, 2.05) is 11.5 Å². The number of fused-ring (bicyclic) bond motifs is 1. The summed E-state index contributed by atoms with van der Waals surface area (Å²) in [7, 11) is 0. The van der Waals surface area contributed by atoms with E-state index in [2.05, 4.69) is 11.0 Å². The lowest BCUT2D eigenvalue weighted by Gasteiger charge is -2.40. The van der Waals surface area contributed by atoms with Gasteiger partial charge in [-0.3, -0.25) is 10.1 Å². The monoisotopic (exact) mass is 513 g/mol. The minimum Gasteiger partial charge on any atom is -0.308 e. The van der Waals surface area contributed by atoms with Gasteiger partial charge >= 0.3 is 0 Å². The Labute approximate surface area is 216 Å². The molecule has 1 aliphatic carbocycles. The molecule has 0 N–H and O–H groups in total. The largest absolute Gasteiger partial charge is 0.308 e. The average molecular weight is 514 g/mol. The molecular weight excluding hydrogens is 492 g/mol. The predicted octanol–water partition coefficient (Wildman–Crippen LogP) is 7.85. The van der Waals surface area contributed by atoms with E-state index in [1.165, 1.54) is 42.1 Å². The minimum absolute atomic E-state index is 0.0196. The van der Waals surface area contributed by atoms with Crippen LogP contribution in [0, 0.1) is 21.7 Å². The van der Waals surface area contributed by atoms with E-state index in [9.17, 15) is 18.9 Å². The molecule has 3 aromatic carbocycles. The molecule has 2 aliphatic heterocycles. The van der Waals surface area contributed by atoms with Crippen LogP contribution in [0.2, 0.25) is 0 Å². The van der Waals surface area contributed by atoms with Gasteiger partial charge in [0.1, 0.15) is 11.6 Å². The molecule has 0 fully saturated rings. The van der Waals surface area contributed by atoms with Crippen molar-refractivity contribution in [3.63, 3.8) is 0 Å². The fraction of sp³-hybridized carbons (Fsp3) is 0.138. The van der Waals surface area contributed by atoms with Crippen LogP contribution in [0.25, 0.3) is 11.8 Å². The van der Waals surface area contributed by atoms with Crippen LogP contribution in [0.4, 0.5) is 14.5 Å². The molecule has 0 amide bonds. The van der Waals surface area contributed by atoms with Crippen molar-refractivity contribution in [1.82, 2.24) is 4.90 Å². The number of nitrogens with zero attached hydrogens (tertiary/aromatic N) is 3. The standard InChI is InChI=1S/C29H21F2N3O2S/c30-22-11-7-18(8-12-22)15-21-4-2-6-25-27(21)32-29-33(28(25)19-9-13-23(31)14-10-19)26(17-37-29)20-3-1-5-24(16-20)34(35)36/h1,3,5,7-17,28H,2,4,6H2/b21-15+. The van der Waals surface area contributed by atoms with E-state index in [0.717, 1.165) is 63.7 Å². The Balaban J connectivity index is 1.48. The van der Waals surface area contributed by atoms with Crippen LogP contribution in [0.1, 0.15) is 42.0 Å². The fourth-order valence-corrected chi connectivity index (χ4v) is 6.04. The highest BCUT2D eigenvalue weighted by Gasteiger charge is 2.40. The van der Waals surface area contributed by atoms with Gasteiger partial charge in [0.25, 0.3) is 5.69 Å². The second kappa shape index (κ2) is 9.44. The van der Waals surface area contributed by atoms with Gasteiger partial charge in [0.2, 0.25) is 0 Å². The molecule has 3 aromatic rings. The number of aliphatic imine (C=N–C) groups is 1. The summed E-state index contributed by atoms with van der Waals surface area (Å²) in [6, 6.07) is 19.2. The molecule has 1 unspecified atom stereocenters. The Morgan fingerprint density at radius 2 is 1.73 bits per heavy atom. The number of thioether (sulfide) groups is 1. The maximum Gasteiger partial charge on any atom is 0.270 e. The number of benzene rings is 3. The molecule has 0 bridgehead atoms. The Hall–Kier alpha value is -4.04. The summed E-state index contributed by atoms with van der Waals surface area (Å²) < 4.78 is 27.3. The number of non-ortho nitro benzene ring substituents is 1. The van der Waals surface area contributed by atoms with Crippen LogP contribution in [-0.4, -0.2) is 15.0 Å². The number of hydrogen-bond donors (Lipinski definition) is 0. The molecule has 0 radical (unpaired) electrons. The summed E-state index contributed by atoms with van der Waals surface area (Å²) >= 11 is 1.47. The van der Waals surface area contributed by atoms with Crippen molar-refractivity contribution in [2.24, 2.45) is 4.99 Å². The van der Waals surface area contributed by atoms with Gasteiger partial charge in [0, 0.05) is 23.1 Å². The van der Waals surface area contributed by atoms with Gasteiger partial charge in [-0.05, 0) is 71.9 Å². The van der Waals surface area contributed by atoms with E-state index >= 15 is 0 Å². The maximum atomic E-state index is 13.9. The summed E-state index contributed by atoms with van der Waals surface area (Å²) in [6.07, 6.45) is 4.65. The van der Waals surface area contributed by atoms with Crippen molar-refractivity contribution in [2.75, 3.05) is 0 Å². The first-order chi connectivity index (χ1) is 18.0. The number of halogens is 2. The van der Waals surface area contributed by atoms with Crippen molar-refractivity contribution in [2.45, 2.75) is 25.3 Å². The van der Waals surface area contributed by atoms with Crippen molar-refractivity contribution < 1.29 is 13.7 Å². The molecule has 0 saturated carbocycles. The van der Waals surface area contributed by atoms with Gasteiger partial charge in [-0.15, -0.1) is 0 Å². The minimum atomic E-state index is -0.400. The number of hydrogen-bond acceptors (Lipinski definition) is 5. The van der Waals surface area contributed by atoms with Gasteiger partial charge in [0.05, 0.1) is 22.4 Å². The van der Waals surface area contributed by atoms with E-state index < -0.39 is 4.92 Å². The van der Waals surface area contributed by atoms with Crippen molar-refractivity contribution >= 4 is 34.4 Å². The molecule has 0 saturated heterocycles. The van der Waals surface area contributed by atoms with Gasteiger partial charge in [0.15, 0.2) is 5.17 Å². The molecular formula is C29H21F2N3O2S. The lowest BCUT2D eigenvalue weighted by atomic mass is 9.82. The number of allylic oxidation sites excluding steroid dienone is 1. The van der Waals surface area contributed by atoms with Crippen molar-refractivity contribution in [3.8, 4) is 0 Å². The fourth-order valence-electron chi connectivity index (χ4n) is 5.11. The molecule has 5 nitrogen and oxygen atoms in total. The number of amidine groups is 1. The smallest absolute Gasteiger partial charge is 0.270 e. The molecule has 2 heterocycles. The highest BCUT2D eigenvalue weighted by atomic mass is 32.2. The van der Waals surface area contributed by atoms with Crippen molar-refractivity contribution in [3.05, 3.63) is 133 Å². The number of rotatable bonds is 4. The topological polar surface area (TPSA) is 58.7 Å². The second-order valence-electron chi connectivity index (χ2n) is 9.10. The first-order valence-electron chi connectivity index (χ1n) is 11.9. The zero-order chi connectivity index (χ0) is 25.5. The molecule has 8 heteroatoms. The molecule has 0 aromatic heterocycles. The van der Waals surface area contributed by atoms with E-state index in [0.29, 0.717) is 0 Å². The summed E-state index contributed by atoms with van der Waals surface area (Å²) in [4.78, 5) is 18.2. The van der Waals surface area contributed by atoms with E-state index in [-0.39, 0.29) is 23.4 Å². The molecule has 37 heavy (non-hydrogen) atoms. The number of nitro benzene ring substituents is 1. The average Bonchev–Trinajstić information content (AvgIpc) is 3.33. The van der Waals surface area contributed by atoms with Crippen LogP contribution >= 0.6 is 11.8 Å². The highest BCUT2D eigenvalue weighted by Crippen LogP contribution is 2.51.